The topological polar surface area (TPSA) is 42.3 Å². The highest BCUT2D eigenvalue weighted by Gasteiger charge is 2.25. The van der Waals surface area contributed by atoms with Crippen LogP contribution >= 0.6 is 0 Å². The van der Waals surface area contributed by atoms with Crippen molar-refractivity contribution in [3.8, 4) is 0 Å². The molecule has 0 bridgehead atoms. The van der Waals surface area contributed by atoms with Gasteiger partial charge >= 0.3 is 0 Å². The zero-order valence-electron chi connectivity index (χ0n) is 13.3. The van der Waals surface area contributed by atoms with E-state index < -0.39 is 0 Å². The van der Waals surface area contributed by atoms with E-state index in [0.29, 0.717) is 12.1 Å². The zero-order valence-corrected chi connectivity index (χ0v) is 13.3. The molecular weight excluding hydrogens is 264 g/mol. The number of ether oxygens (including phenoxy) is 1. The molecule has 21 heavy (non-hydrogen) atoms. The number of rotatable bonds is 4. The van der Waals surface area contributed by atoms with E-state index in [4.69, 9.17) is 4.74 Å². The fourth-order valence-electron chi connectivity index (χ4n) is 3.54. The molecule has 5 heteroatoms. The Morgan fingerprint density at radius 3 is 3.14 bits per heavy atom. The lowest BCUT2D eigenvalue weighted by Gasteiger charge is -2.33. The van der Waals surface area contributed by atoms with E-state index in [9.17, 15) is 0 Å². The lowest BCUT2D eigenvalue weighted by atomic mass is 9.97. The molecule has 3 heterocycles. The van der Waals surface area contributed by atoms with Gasteiger partial charge in [0.1, 0.15) is 0 Å². The van der Waals surface area contributed by atoms with Crippen LogP contribution in [0.4, 0.5) is 0 Å². The van der Waals surface area contributed by atoms with Gasteiger partial charge in [-0.15, -0.1) is 0 Å². The van der Waals surface area contributed by atoms with Crippen LogP contribution in [0.25, 0.3) is 0 Å². The summed E-state index contributed by atoms with van der Waals surface area (Å²) in [7, 11) is 0. The van der Waals surface area contributed by atoms with E-state index in [2.05, 4.69) is 33.6 Å². The molecule has 3 atom stereocenters. The van der Waals surface area contributed by atoms with Crippen molar-refractivity contribution in [1.82, 2.24) is 19.8 Å². The van der Waals surface area contributed by atoms with Crippen molar-refractivity contribution in [2.45, 2.75) is 57.8 Å². The quantitative estimate of drug-likeness (QED) is 0.919. The van der Waals surface area contributed by atoms with Gasteiger partial charge in [0.25, 0.3) is 0 Å². The lowest BCUT2D eigenvalue weighted by molar-refractivity contribution is -0.0348. The second-order valence-electron chi connectivity index (χ2n) is 6.41. The van der Waals surface area contributed by atoms with E-state index in [-0.39, 0.29) is 6.10 Å². The van der Waals surface area contributed by atoms with Gasteiger partial charge < -0.3 is 14.6 Å². The first-order valence-electron chi connectivity index (χ1n) is 8.36. The Hall–Kier alpha value is -0.910. The van der Waals surface area contributed by atoms with E-state index in [1.165, 1.54) is 25.0 Å². The Kier molecular flexibility index (Phi) is 4.93. The van der Waals surface area contributed by atoms with Gasteiger partial charge in [0.15, 0.2) is 0 Å². The number of nitrogens with zero attached hydrogens (tertiary/aromatic N) is 3. The van der Waals surface area contributed by atoms with Gasteiger partial charge in [0.2, 0.25) is 0 Å². The van der Waals surface area contributed by atoms with Crippen LogP contribution in [0.5, 0.6) is 0 Å². The molecule has 1 N–H and O–H groups in total. The van der Waals surface area contributed by atoms with Gasteiger partial charge in [-0.1, -0.05) is 6.92 Å². The maximum Gasteiger partial charge on any atom is 0.0949 e. The predicted molar refractivity (Wildman–Crippen MR) is 83.3 cm³/mol. The fraction of sp³-hybridized carbons (Fsp3) is 0.812. The van der Waals surface area contributed by atoms with Crippen molar-refractivity contribution < 1.29 is 4.74 Å². The number of hydrogen-bond donors (Lipinski definition) is 1. The Labute approximate surface area is 127 Å². The Bertz CT molecular complexity index is 447. The summed E-state index contributed by atoms with van der Waals surface area (Å²) < 4.78 is 8.23. The van der Waals surface area contributed by atoms with Gasteiger partial charge in [-0.25, -0.2) is 4.98 Å². The SMILES string of the molecule is CCN1CCOC(Cn2cncc2C2CCCC(C)N2)C1. The van der Waals surface area contributed by atoms with Crippen LogP contribution in [0.1, 0.15) is 44.8 Å². The molecule has 0 spiro atoms. The summed E-state index contributed by atoms with van der Waals surface area (Å²) in [5.74, 6) is 0. The molecule has 1 aromatic heterocycles. The molecule has 5 nitrogen and oxygen atoms in total. The molecule has 3 unspecified atom stereocenters. The third-order valence-electron chi connectivity index (χ3n) is 4.79. The maximum absolute atomic E-state index is 5.94. The fourth-order valence-corrected chi connectivity index (χ4v) is 3.54. The van der Waals surface area contributed by atoms with Crippen molar-refractivity contribution >= 4 is 0 Å². The lowest BCUT2D eigenvalue weighted by Crippen LogP contribution is -2.44. The van der Waals surface area contributed by atoms with Crippen LogP contribution in [0.2, 0.25) is 0 Å². The number of imidazole rings is 1. The van der Waals surface area contributed by atoms with Crippen molar-refractivity contribution in [3.63, 3.8) is 0 Å². The second-order valence-corrected chi connectivity index (χ2v) is 6.41. The number of likely N-dealkylation sites (N-methyl/N-ethyl adjacent to an activating group) is 1. The first-order chi connectivity index (χ1) is 10.3. The molecule has 0 radical (unpaired) electrons. The molecule has 2 fully saturated rings. The third kappa shape index (κ3) is 3.65. The minimum absolute atomic E-state index is 0.285. The summed E-state index contributed by atoms with van der Waals surface area (Å²) >= 11 is 0. The number of aromatic nitrogens is 2. The summed E-state index contributed by atoms with van der Waals surface area (Å²) in [5, 5.41) is 3.70. The summed E-state index contributed by atoms with van der Waals surface area (Å²) in [6.07, 6.45) is 8.06. The summed E-state index contributed by atoms with van der Waals surface area (Å²) in [4.78, 5) is 6.84. The smallest absolute Gasteiger partial charge is 0.0949 e. The van der Waals surface area contributed by atoms with E-state index in [1.807, 2.05) is 12.5 Å². The van der Waals surface area contributed by atoms with Crippen LogP contribution in [0.15, 0.2) is 12.5 Å². The minimum Gasteiger partial charge on any atom is -0.374 e. The molecule has 2 aliphatic heterocycles. The first-order valence-corrected chi connectivity index (χ1v) is 8.36. The monoisotopic (exact) mass is 292 g/mol. The number of morpholine rings is 1. The average Bonchev–Trinajstić information content (AvgIpc) is 2.95. The summed E-state index contributed by atoms with van der Waals surface area (Å²) in [6.45, 7) is 9.46. The molecule has 3 rings (SSSR count). The van der Waals surface area contributed by atoms with Crippen LogP contribution < -0.4 is 5.32 Å². The van der Waals surface area contributed by atoms with E-state index >= 15 is 0 Å². The van der Waals surface area contributed by atoms with Crippen LogP contribution in [0, 0.1) is 0 Å². The highest BCUT2D eigenvalue weighted by atomic mass is 16.5. The molecule has 0 aliphatic carbocycles. The molecular formula is C16H28N4O. The highest BCUT2D eigenvalue weighted by Crippen LogP contribution is 2.25. The normalized spacial score (nSPS) is 31.4. The minimum atomic E-state index is 0.285. The van der Waals surface area contributed by atoms with Crippen molar-refractivity contribution in [2.24, 2.45) is 0 Å². The van der Waals surface area contributed by atoms with Crippen LogP contribution in [-0.2, 0) is 11.3 Å². The van der Waals surface area contributed by atoms with Crippen molar-refractivity contribution in [2.75, 3.05) is 26.2 Å². The van der Waals surface area contributed by atoms with E-state index in [0.717, 1.165) is 32.8 Å². The Balaban J connectivity index is 1.65. The van der Waals surface area contributed by atoms with Crippen molar-refractivity contribution in [3.05, 3.63) is 18.2 Å². The van der Waals surface area contributed by atoms with Crippen LogP contribution in [-0.4, -0.2) is 52.8 Å². The second kappa shape index (κ2) is 6.90. The molecule has 118 valence electrons. The number of hydrogen-bond acceptors (Lipinski definition) is 4. The van der Waals surface area contributed by atoms with Gasteiger partial charge in [-0.05, 0) is 32.7 Å². The molecule has 0 amide bonds. The van der Waals surface area contributed by atoms with Crippen molar-refractivity contribution in [1.29, 1.82) is 0 Å². The van der Waals surface area contributed by atoms with E-state index in [1.54, 1.807) is 0 Å². The Morgan fingerprint density at radius 2 is 2.33 bits per heavy atom. The predicted octanol–water partition coefficient (Wildman–Crippen LogP) is 1.81. The highest BCUT2D eigenvalue weighted by molar-refractivity contribution is 5.07. The number of piperidine rings is 1. The number of nitrogens with one attached hydrogen (secondary N) is 1. The largest absolute Gasteiger partial charge is 0.374 e. The summed E-state index contributed by atoms with van der Waals surface area (Å²) in [6, 6.07) is 1.05. The molecule has 2 saturated heterocycles. The molecule has 1 aromatic rings. The van der Waals surface area contributed by atoms with Gasteiger partial charge in [0.05, 0.1) is 31.3 Å². The average molecular weight is 292 g/mol. The zero-order chi connectivity index (χ0) is 14.7. The van der Waals surface area contributed by atoms with Gasteiger partial charge in [0, 0.05) is 31.4 Å². The first kappa shape index (κ1) is 15.0. The molecule has 2 aliphatic rings. The maximum atomic E-state index is 5.94. The summed E-state index contributed by atoms with van der Waals surface area (Å²) in [5.41, 5.74) is 1.32. The molecule has 0 aromatic carbocycles. The standard InChI is InChI=1S/C16H28N4O/c1-3-19-7-8-21-14(10-19)11-20-12-17-9-16(20)15-6-4-5-13(2)18-15/h9,12-15,18H,3-8,10-11H2,1-2H3. The Morgan fingerprint density at radius 1 is 1.43 bits per heavy atom. The molecule has 0 saturated carbocycles. The van der Waals surface area contributed by atoms with Gasteiger partial charge in [-0.3, -0.25) is 4.90 Å². The third-order valence-corrected chi connectivity index (χ3v) is 4.79. The van der Waals surface area contributed by atoms with Gasteiger partial charge in [-0.2, -0.15) is 0 Å². The van der Waals surface area contributed by atoms with Crippen LogP contribution in [0.3, 0.4) is 0 Å².